The number of amidine groups is 1. The lowest BCUT2D eigenvalue weighted by molar-refractivity contribution is 0.298. The lowest BCUT2D eigenvalue weighted by Crippen LogP contribution is -2.47. The molecule has 3 aromatic carbocycles. The normalized spacial score (nSPS) is 25.6. The van der Waals surface area contributed by atoms with E-state index in [-0.39, 0.29) is 5.16 Å². The van der Waals surface area contributed by atoms with Crippen molar-refractivity contribution in [1.29, 1.82) is 0 Å². The fourth-order valence-corrected chi connectivity index (χ4v) is 19.6. The minimum absolute atomic E-state index is 0.138. The summed E-state index contributed by atoms with van der Waals surface area (Å²) in [5, 5.41) is 3.97. The van der Waals surface area contributed by atoms with Gasteiger partial charge in [-0.05, 0) is 143 Å². The predicted molar refractivity (Wildman–Crippen MR) is 216 cm³/mol. The third kappa shape index (κ3) is 6.43. The minimum atomic E-state index is -1.81. The molecule has 3 atom stereocenters. The summed E-state index contributed by atoms with van der Waals surface area (Å²) in [6.07, 6.45) is 17.9. The van der Waals surface area contributed by atoms with E-state index in [1.54, 1.807) is 22.3 Å². The Kier molecular flexibility index (Phi) is 10.4. The molecule has 3 fully saturated rings. The summed E-state index contributed by atoms with van der Waals surface area (Å²) < 4.78 is 0. The van der Waals surface area contributed by atoms with Crippen LogP contribution in [0.1, 0.15) is 139 Å². The van der Waals surface area contributed by atoms with E-state index in [1.807, 2.05) is 0 Å². The van der Waals surface area contributed by atoms with Crippen LogP contribution < -0.4 is 5.32 Å². The number of aliphatic imine (C=N–C) groups is 1. The molecule has 1 aliphatic heterocycles. The molecular formula is C46H63N2P. The second-order valence-corrected chi connectivity index (χ2v) is 21.0. The molecule has 1 heterocycles. The van der Waals surface area contributed by atoms with E-state index in [0.29, 0.717) is 11.8 Å². The highest BCUT2D eigenvalue weighted by atomic mass is 31.2. The average molecular weight is 675 g/mol. The smallest absolute Gasteiger partial charge is 0.100 e. The van der Waals surface area contributed by atoms with Gasteiger partial charge in [0.1, 0.15) is 5.84 Å². The Hall–Kier alpha value is -2.57. The zero-order chi connectivity index (χ0) is 34.2. The molecular weight excluding hydrogens is 611 g/mol. The maximum absolute atomic E-state index is 5.20. The summed E-state index contributed by atoms with van der Waals surface area (Å²) in [5.74, 6) is 5.27. The highest BCUT2D eigenvalue weighted by Gasteiger charge is 2.57. The number of benzene rings is 3. The van der Waals surface area contributed by atoms with Gasteiger partial charge >= 0.3 is 0 Å². The van der Waals surface area contributed by atoms with Crippen LogP contribution in [0.2, 0.25) is 0 Å². The maximum Gasteiger partial charge on any atom is 0.100 e. The molecule has 262 valence electrons. The number of hydrogen-bond donors (Lipinski definition) is 1. The van der Waals surface area contributed by atoms with Gasteiger partial charge in [-0.15, -0.1) is 0 Å². The molecule has 49 heavy (non-hydrogen) atoms. The summed E-state index contributed by atoms with van der Waals surface area (Å²) >= 11 is 0. The van der Waals surface area contributed by atoms with E-state index in [9.17, 15) is 0 Å². The van der Waals surface area contributed by atoms with Crippen LogP contribution >= 0.6 is 6.89 Å². The van der Waals surface area contributed by atoms with Crippen molar-refractivity contribution in [1.82, 2.24) is 5.32 Å². The summed E-state index contributed by atoms with van der Waals surface area (Å²) in [6, 6.07) is 21.8. The largest absolute Gasteiger partial charge is 0.372 e. The molecule has 2 nitrogen and oxygen atoms in total. The Bertz CT molecular complexity index is 1650. The molecule has 3 aliphatic carbocycles. The van der Waals surface area contributed by atoms with Crippen LogP contribution in [0.3, 0.4) is 0 Å². The predicted octanol–water partition coefficient (Wildman–Crippen LogP) is 11.9. The summed E-state index contributed by atoms with van der Waals surface area (Å²) in [4.78, 5) is 5.20. The first-order chi connectivity index (χ1) is 23.7. The third-order valence-electron chi connectivity index (χ3n) is 13.5. The highest BCUT2D eigenvalue weighted by molar-refractivity contribution is 7.77. The van der Waals surface area contributed by atoms with Gasteiger partial charge in [-0.1, -0.05) is 117 Å². The second-order valence-electron chi connectivity index (χ2n) is 16.7. The van der Waals surface area contributed by atoms with Gasteiger partial charge in [-0.25, -0.2) is 0 Å². The fourth-order valence-electron chi connectivity index (χ4n) is 12.1. The SMILES string of the molecule is Cc1cc(C)c(C2CC(c3c(C)cc(C)cc3C)(P(=Cc3ccccc3)(C3CCCCC3)C3CCCCC3)CCC2C2=NCCN2)c(C)c1. The Morgan fingerprint density at radius 3 is 1.76 bits per heavy atom. The first kappa shape index (κ1) is 34.9. The van der Waals surface area contributed by atoms with Crippen LogP contribution in [-0.4, -0.2) is 36.0 Å². The van der Waals surface area contributed by atoms with Gasteiger partial charge in [0.15, 0.2) is 0 Å². The van der Waals surface area contributed by atoms with E-state index < -0.39 is 6.89 Å². The molecule has 4 aliphatic rings. The topological polar surface area (TPSA) is 24.4 Å². The maximum atomic E-state index is 5.20. The van der Waals surface area contributed by atoms with Gasteiger partial charge in [0, 0.05) is 17.6 Å². The van der Waals surface area contributed by atoms with Crippen molar-refractivity contribution < 1.29 is 0 Å². The Labute approximate surface area is 299 Å². The fraction of sp³-hybridized carbons (Fsp3) is 0.565. The molecule has 0 bridgehead atoms. The van der Waals surface area contributed by atoms with Gasteiger partial charge in [0.25, 0.3) is 0 Å². The first-order valence-corrected chi connectivity index (χ1v) is 22.0. The van der Waals surface area contributed by atoms with Crippen molar-refractivity contribution in [3.63, 3.8) is 0 Å². The Morgan fingerprint density at radius 2 is 1.22 bits per heavy atom. The van der Waals surface area contributed by atoms with E-state index in [4.69, 9.17) is 4.99 Å². The molecule has 0 amide bonds. The molecule has 0 aromatic heterocycles. The second kappa shape index (κ2) is 14.6. The van der Waals surface area contributed by atoms with Crippen molar-refractivity contribution >= 4 is 18.5 Å². The molecule has 1 N–H and O–H groups in total. The standard InChI is InChI=1S/C46H63N2P/c1-32-26-34(3)43(35(4)27-32)42-30-46(23-22-41(42)45-47-24-25-48-45,44-36(5)28-33(2)29-37(44)6)49(39-18-12-8-13-19-39,40-20-14-9-15-21-40)31-38-16-10-7-11-17-38/h7,10-11,16-17,26-29,31,39-42H,8-9,12-15,18-25,30H2,1-6H3,(H,47,48). The van der Waals surface area contributed by atoms with Crippen molar-refractivity contribution in [2.75, 3.05) is 13.1 Å². The van der Waals surface area contributed by atoms with Crippen LogP contribution in [-0.2, 0) is 5.16 Å². The number of hydrogen-bond acceptors (Lipinski definition) is 2. The van der Waals surface area contributed by atoms with Crippen molar-refractivity contribution in [3.8, 4) is 0 Å². The number of nitrogens with zero attached hydrogens (tertiary/aromatic N) is 1. The molecule has 3 unspecified atom stereocenters. The molecule has 7 rings (SSSR count). The van der Waals surface area contributed by atoms with E-state index in [0.717, 1.165) is 24.4 Å². The van der Waals surface area contributed by atoms with Crippen molar-refractivity contribution in [2.24, 2.45) is 10.9 Å². The number of aryl methyl sites for hydroxylation is 6. The van der Waals surface area contributed by atoms with Crippen LogP contribution in [0.5, 0.6) is 0 Å². The summed E-state index contributed by atoms with van der Waals surface area (Å²) in [5.41, 5.74) is 15.4. The Morgan fingerprint density at radius 1 is 0.673 bits per heavy atom. The minimum Gasteiger partial charge on any atom is -0.372 e. The third-order valence-corrected chi connectivity index (χ3v) is 19.8. The van der Waals surface area contributed by atoms with Crippen LogP contribution in [0.15, 0.2) is 59.6 Å². The van der Waals surface area contributed by atoms with E-state index >= 15 is 0 Å². The molecule has 0 radical (unpaired) electrons. The Balaban J connectivity index is 1.58. The van der Waals surface area contributed by atoms with E-state index in [1.165, 1.54) is 117 Å². The zero-order valence-corrected chi connectivity index (χ0v) is 32.5. The van der Waals surface area contributed by atoms with Crippen LogP contribution in [0.25, 0.3) is 0 Å². The quantitative estimate of drug-likeness (QED) is 0.248. The molecule has 3 heteroatoms. The van der Waals surface area contributed by atoms with Crippen LogP contribution in [0.4, 0.5) is 0 Å². The molecule has 0 saturated heterocycles. The van der Waals surface area contributed by atoms with Gasteiger partial charge in [0.05, 0.1) is 6.54 Å². The van der Waals surface area contributed by atoms with Crippen LogP contribution in [0, 0.1) is 47.5 Å². The monoisotopic (exact) mass is 674 g/mol. The number of rotatable bonds is 7. The van der Waals surface area contributed by atoms with Crippen molar-refractivity contribution in [2.45, 2.75) is 147 Å². The van der Waals surface area contributed by atoms with Gasteiger partial charge in [-0.2, -0.15) is 0 Å². The zero-order valence-electron chi connectivity index (χ0n) is 31.6. The van der Waals surface area contributed by atoms with E-state index in [2.05, 4.69) is 107 Å². The molecule has 0 spiro atoms. The molecule has 3 saturated carbocycles. The van der Waals surface area contributed by atoms with Gasteiger partial charge < -0.3 is 5.32 Å². The van der Waals surface area contributed by atoms with Crippen molar-refractivity contribution in [3.05, 3.63) is 105 Å². The lowest BCUT2D eigenvalue weighted by Gasteiger charge is -2.61. The lowest BCUT2D eigenvalue weighted by atomic mass is 9.65. The summed E-state index contributed by atoms with van der Waals surface area (Å²) in [6.45, 7) is 14.5. The highest BCUT2D eigenvalue weighted by Crippen LogP contribution is 2.80. The van der Waals surface area contributed by atoms with Gasteiger partial charge in [-0.3, -0.25) is 4.99 Å². The average Bonchev–Trinajstić information content (AvgIpc) is 3.63. The first-order valence-electron chi connectivity index (χ1n) is 20.0. The number of nitrogens with one attached hydrogen (secondary N) is 1. The summed E-state index contributed by atoms with van der Waals surface area (Å²) in [7, 11) is 0. The van der Waals surface area contributed by atoms with Gasteiger partial charge in [0.2, 0.25) is 0 Å². The molecule has 3 aromatic rings.